The van der Waals surface area contributed by atoms with Crippen LogP contribution in [-0.2, 0) is 0 Å². The Kier molecular flexibility index (Phi) is 7.61. The molecule has 28 heavy (non-hydrogen) atoms. The quantitative estimate of drug-likeness (QED) is 0.257. The third kappa shape index (κ3) is 5.57. The first-order chi connectivity index (χ1) is 13.3. The van der Waals surface area contributed by atoms with Gasteiger partial charge in [0.2, 0.25) is 0 Å². The Bertz CT molecular complexity index is 857. The maximum absolute atomic E-state index is 12.3. The van der Waals surface area contributed by atoms with Gasteiger partial charge in [-0.2, -0.15) is 5.26 Å². The molecule has 2 aromatic rings. The molecule has 0 aromatic heterocycles. The summed E-state index contributed by atoms with van der Waals surface area (Å²) in [7, 11) is 0. The predicted octanol–water partition coefficient (Wildman–Crippen LogP) is 5.38. The molecule has 0 amide bonds. The lowest BCUT2D eigenvalue weighted by Gasteiger charge is -2.17. The monoisotopic (exact) mass is 506 g/mol. The zero-order valence-corrected chi connectivity index (χ0v) is 17.9. The first kappa shape index (κ1) is 21.9. The normalized spacial score (nSPS) is 10.9. The van der Waals surface area contributed by atoms with E-state index in [1.807, 2.05) is 0 Å². The first-order valence-corrected chi connectivity index (χ1v) is 9.99. The second kappa shape index (κ2) is 9.71. The highest BCUT2D eigenvalue weighted by atomic mass is 79.9. The number of halogens is 2. The van der Waals surface area contributed by atoms with Gasteiger partial charge in [-0.05, 0) is 24.3 Å². The summed E-state index contributed by atoms with van der Waals surface area (Å²) in [5, 5.41) is 21.0. The summed E-state index contributed by atoms with van der Waals surface area (Å²) in [5.41, 5.74) is -1.13. The third-order valence-corrected chi connectivity index (χ3v) is 5.48. The van der Waals surface area contributed by atoms with Gasteiger partial charge in [-0.15, -0.1) is 0 Å². The van der Waals surface area contributed by atoms with Crippen LogP contribution in [0.15, 0.2) is 57.5 Å². The SMILES string of the molecule is N#CC(CCC(=O)c1ccc(Br)cc1)(CCC(=O)c1ccc(Br)cc1)[N+](=O)[O-]. The molecule has 0 saturated heterocycles. The van der Waals surface area contributed by atoms with E-state index in [-0.39, 0.29) is 37.2 Å². The van der Waals surface area contributed by atoms with Gasteiger partial charge < -0.3 is 0 Å². The molecular weight excluding hydrogens is 492 g/mol. The van der Waals surface area contributed by atoms with E-state index in [1.165, 1.54) is 0 Å². The topological polar surface area (TPSA) is 101 Å². The summed E-state index contributed by atoms with van der Waals surface area (Å²) in [6, 6.07) is 15.0. The number of hydrogen-bond donors (Lipinski definition) is 0. The molecule has 0 unspecified atom stereocenters. The number of nitriles is 1. The van der Waals surface area contributed by atoms with Crippen LogP contribution in [-0.4, -0.2) is 22.0 Å². The predicted molar refractivity (Wildman–Crippen MR) is 111 cm³/mol. The summed E-state index contributed by atoms with van der Waals surface area (Å²) in [6.45, 7) is 0. The average Bonchev–Trinajstić information content (AvgIpc) is 2.69. The lowest BCUT2D eigenvalue weighted by Crippen LogP contribution is -2.38. The highest BCUT2D eigenvalue weighted by Crippen LogP contribution is 2.26. The molecule has 0 atom stereocenters. The van der Waals surface area contributed by atoms with E-state index < -0.39 is 10.5 Å². The summed E-state index contributed by atoms with van der Waals surface area (Å²) in [6.07, 6.45) is -0.802. The zero-order chi connectivity index (χ0) is 20.7. The highest BCUT2D eigenvalue weighted by Gasteiger charge is 2.43. The summed E-state index contributed by atoms with van der Waals surface area (Å²) in [4.78, 5) is 35.5. The van der Waals surface area contributed by atoms with Crippen molar-refractivity contribution in [2.24, 2.45) is 0 Å². The highest BCUT2D eigenvalue weighted by molar-refractivity contribution is 9.10. The number of nitro groups is 1. The molecule has 8 heteroatoms. The van der Waals surface area contributed by atoms with Crippen LogP contribution < -0.4 is 0 Å². The third-order valence-electron chi connectivity index (χ3n) is 4.42. The number of carbonyl (C=O) groups is 2. The van der Waals surface area contributed by atoms with Crippen molar-refractivity contribution < 1.29 is 14.5 Å². The minimum absolute atomic E-state index is 0.150. The number of hydrogen-bond acceptors (Lipinski definition) is 5. The molecule has 0 heterocycles. The van der Waals surface area contributed by atoms with Gasteiger partial charge in [-0.3, -0.25) is 19.7 Å². The fourth-order valence-electron chi connectivity index (χ4n) is 2.66. The van der Waals surface area contributed by atoms with Crippen molar-refractivity contribution in [3.05, 3.63) is 78.7 Å². The molecule has 0 aliphatic heterocycles. The zero-order valence-electron chi connectivity index (χ0n) is 14.7. The Morgan fingerprint density at radius 2 is 1.25 bits per heavy atom. The number of rotatable bonds is 9. The van der Waals surface area contributed by atoms with Crippen LogP contribution in [0.1, 0.15) is 46.4 Å². The summed E-state index contributed by atoms with van der Waals surface area (Å²) in [5.74, 6) is -0.568. The van der Waals surface area contributed by atoms with Crippen LogP contribution in [0.5, 0.6) is 0 Å². The number of ketones is 2. The molecule has 6 nitrogen and oxygen atoms in total. The maximum atomic E-state index is 12.3. The van der Waals surface area contributed by atoms with Gasteiger partial charge in [-0.25, -0.2) is 0 Å². The Morgan fingerprint density at radius 3 is 1.54 bits per heavy atom. The lowest BCUT2D eigenvalue weighted by atomic mass is 9.87. The van der Waals surface area contributed by atoms with Gasteiger partial charge in [0, 0.05) is 50.7 Å². The largest absolute Gasteiger partial charge is 0.306 e. The van der Waals surface area contributed by atoms with Gasteiger partial charge in [0.05, 0.1) is 0 Å². The van der Waals surface area contributed by atoms with E-state index in [1.54, 1.807) is 54.6 Å². The molecule has 0 bridgehead atoms. The molecule has 0 fully saturated rings. The van der Waals surface area contributed by atoms with Crippen LogP contribution in [0.25, 0.3) is 0 Å². The maximum Gasteiger partial charge on any atom is 0.306 e. The Morgan fingerprint density at radius 1 is 0.893 bits per heavy atom. The van der Waals surface area contributed by atoms with Crippen molar-refractivity contribution in [1.29, 1.82) is 5.26 Å². The van der Waals surface area contributed by atoms with Crippen molar-refractivity contribution >= 4 is 43.4 Å². The second-order valence-electron chi connectivity index (χ2n) is 6.26. The van der Waals surface area contributed by atoms with Crippen molar-refractivity contribution in [3.8, 4) is 6.07 Å². The van der Waals surface area contributed by atoms with E-state index in [2.05, 4.69) is 31.9 Å². The lowest BCUT2D eigenvalue weighted by molar-refractivity contribution is -0.554. The van der Waals surface area contributed by atoms with Gasteiger partial charge in [0.25, 0.3) is 0 Å². The molecule has 0 saturated carbocycles. The number of nitrogens with zero attached hydrogens (tertiary/aromatic N) is 2. The molecular formula is C20H16Br2N2O4. The molecule has 0 N–H and O–H groups in total. The van der Waals surface area contributed by atoms with E-state index in [4.69, 9.17) is 0 Å². The van der Waals surface area contributed by atoms with Crippen LogP contribution in [0.4, 0.5) is 0 Å². The molecule has 0 aliphatic rings. The standard InChI is InChI=1S/C20H16Br2N2O4/c21-16-5-1-14(2-6-16)18(25)9-11-20(13-23,24(27)28)12-10-19(26)15-3-7-17(22)8-4-15/h1-8H,9-12H2. The smallest absolute Gasteiger partial charge is 0.294 e. The van der Waals surface area contributed by atoms with Gasteiger partial charge in [-0.1, -0.05) is 56.1 Å². The Labute approximate surface area is 179 Å². The van der Waals surface area contributed by atoms with E-state index in [9.17, 15) is 25.0 Å². The van der Waals surface area contributed by atoms with Crippen LogP contribution in [0.3, 0.4) is 0 Å². The average molecular weight is 508 g/mol. The summed E-state index contributed by atoms with van der Waals surface area (Å²) >= 11 is 6.55. The van der Waals surface area contributed by atoms with E-state index >= 15 is 0 Å². The Hall–Kier alpha value is -2.37. The Balaban J connectivity index is 2.06. The van der Waals surface area contributed by atoms with E-state index in [0.29, 0.717) is 11.1 Å². The van der Waals surface area contributed by atoms with Gasteiger partial charge >= 0.3 is 5.54 Å². The van der Waals surface area contributed by atoms with Crippen molar-refractivity contribution in [1.82, 2.24) is 0 Å². The van der Waals surface area contributed by atoms with Crippen molar-refractivity contribution in [2.75, 3.05) is 0 Å². The molecule has 0 aliphatic carbocycles. The van der Waals surface area contributed by atoms with E-state index in [0.717, 1.165) is 8.95 Å². The number of carbonyl (C=O) groups excluding carboxylic acids is 2. The second-order valence-corrected chi connectivity index (χ2v) is 8.09. The van der Waals surface area contributed by atoms with Crippen LogP contribution in [0, 0.1) is 21.4 Å². The minimum Gasteiger partial charge on any atom is -0.294 e. The van der Waals surface area contributed by atoms with Crippen LogP contribution in [0.2, 0.25) is 0 Å². The first-order valence-electron chi connectivity index (χ1n) is 8.41. The van der Waals surface area contributed by atoms with Gasteiger partial charge in [0.15, 0.2) is 11.6 Å². The minimum atomic E-state index is -1.98. The number of Topliss-reactive ketones (excluding diaryl/α,β-unsaturated/α-hetero) is 2. The fraction of sp³-hybridized carbons (Fsp3) is 0.250. The van der Waals surface area contributed by atoms with Crippen molar-refractivity contribution in [2.45, 2.75) is 31.2 Å². The molecule has 2 rings (SSSR count). The molecule has 2 aromatic carbocycles. The molecule has 144 valence electrons. The summed E-state index contributed by atoms with van der Waals surface area (Å²) < 4.78 is 1.62. The molecule has 0 radical (unpaired) electrons. The van der Waals surface area contributed by atoms with Gasteiger partial charge in [0.1, 0.15) is 6.07 Å². The number of benzene rings is 2. The molecule has 0 spiro atoms. The van der Waals surface area contributed by atoms with Crippen molar-refractivity contribution in [3.63, 3.8) is 0 Å². The fourth-order valence-corrected chi connectivity index (χ4v) is 3.19. The van der Waals surface area contributed by atoms with Crippen LogP contribution >= 0.6 is 31.9 Å².